The molecule has 2 aliphatic rings. The van der Waals surface area contributed by atoms with E-state index in [-0.39, 0.29) is 29.4 Å². The van der Waals surface area contributed by atoms with E-state index in [0.29, 0.717) is 28.4 Å². The Morgan fingerprint density at radius 1 is 1.24 bits per heavy atom. The van der Waals surface area contributed by atoms with Gasteiger partial charge in [-0.25, -0.2) is 0 Å². The minimum Gasteiger partial charge on any atom is -0.507 e. The summed E-state index contributed by atoms with van der Waals surface area (Å²) in [5.74, 6) is -0.455. The van der Waals surface area contributed by atoms with Crippen molar-refractivity contribution in [1.29, 1.82) is 0 Å². The van der Waals surface area contributed by atoms with Crippen LogP contribution in [0.2, 0.25) is 0 Å². The van der Waals surface area contributed by atoms with Crippen molar-refractivity contribution in [2.45, 2.75) is 45.1 Å². The number of aryl methyl sites for hydroxylation is 2. The third-order valence-corrected chi connectivity index (χ3v) is 7.35. The number of aromatic nitrogens is 2. The lowest BCUT2D eigenvalue weighted by molar-refractivity contribution is 0.0858. The van der Waals surface area contributed by atoms with Crippen LogP contribution in [-0.2, 0) is 17.6 Å². The number of aromatic amines is 1. The predicted octanol–water partition coefficient (Wildman–Crippen LogP) is 3.80. The van der Waals surface area contributed by atoms with E-state index in [0.717, 1.165) is 54.7 Å². The summed E-state index contributed by atoms with van der Waals surface area (Å²) in [5.41, 5.74) is 3.86. The van der Waals surface area contributed by atoms with Crippen LogP contribution >= 0.6 is 11.3 Å². The summed E-state index contributed by atoms with van der Waals surface area (Å²) >= 11 is 1.47. The van der Waals surface area contributed by atoms with Gasteiger partial charge in [-0.2, -0.15) is 5.10 Å². The molecule has 3 heterocycles. The summed E-state index contributed by atoms with van der Waals surface area (Å²) in [7, 11) is 0. The Labute approximate surface area is 195 Å². The van der Waals surface area contributed by atoms with Gasteiger partial charge in [0.1, 0.15) is 16.4 Å². The standard InChI is InChI=1S/C24H26N4O4S/c1-13-7-8-19(29)16(10-13)17-11-18(28-27-17)22(30)26-24-21(15-5-2-6-20(15)33-24)23(31)25-12-14-4-3-9-32-14/h7-8,10-11,14,29H,2-6,9,12H2,1H3,(H,25,31)(H,26,30)(H,27,28). The second-order valence-corrected chi connectivity index (χ2v) is 9.65. The van der Waals surface area contributed by atoms with Crippen LogP contribution in [0.5, 0.6) is 5.75 Å². The van der Waals surface area contributed by atoms with Gasteiger partial charge in [0, 0.05) is 23.6 Å². The number of carbonyl (C=O) groups excluding carboxylic acids is 2. The molecule has 2 aromatic heterocycles. The summed E-state index contributed by atoms with van der Waals surface area (Å²) in [6.07, 6.45) is 4.80. The molecule has 1 aromatic carbocycles. The van der Waals surface area contributed by atoms with Gasteiger partial charge in [0.05, 0.1) is 17.4 Å². The molecule has 8 nitrogen and oxygen atoms in total. The van der Waals surface area contributed by atoms with Crippen LogP contribution in [0.1, 0.15) is 56.1 Å². The number of thiophene rings is 1. The Hall–Kier alpha value is -3.17. The van der Waals surface area contributed by atoms with E-state index in [4.69, 9.17) is 4.74 Å². The molecule has 33 heavy (non-hydrogen) atoms. The van der Waals surface area contributed by atoms with Crippen molar-refractivity contribution in [3.05, 3.63) is 51.5 Å². The number of hydrogen-bond donors (Lipinski definition) is 4. The predicted molar refractivity (Wildman–Crippen MR) is 126 cm³/mol. The summed E-state index contributed by atoms with van der Waals surface area (Å²) in [6.45, 7) is 3.13. The SMILES string of the molecule is Cc1ccc(O)c(-c2cc(C(=O)Nc3sc4c(c3C(=O)NCC3CCCO3)CCC4)[nH]n2)c1. The lowest BCUT2D eigenvalue weighted by Gasteiger charge is -2.12. The zero-order chi connectivity index (χ0) is 22.9. The Bertz CT molecular complexity index is 1210. The van der Waals surface area contributed by atoms with Gasteiger partial charge in [0.15, 0.2) is 0 Å². The molecule has 1 unspecified atom stereocenters. The number of H-pyrrole nitrogens is 1. The monoisotopic (exact) mass is 466 g/mol. The van der Waals surface area contributed by atoms with Crippen LogP contribution in [0, 0.1) is 6.92 Å². The lowest BCUT2D eigenvalue weighted by atomic mass is 10.1. The molecule has 9 heteroatoms. The molecule has 0 saturated carbocycles. The van der Waals surface area contributed by atoms with E-state index in [9.17, 15) is 14.7 Å². The zero-order valence-electron chi connectivity index (χ0n) is 18.4. The van der Waals surface area contributed by atoms with Gasteiger partial charge in [0.2, 0.25) is 0 Å². The number of phenolic OH excluding ortho intramolecular Hbond substituents is 1. The van der Waals surface area contributed by atoms with Crippen molar-refractivity contribution in [2.75, 3.05) is 18.5 Å². The van der Waals surface area contributed by atoms with E-state index >= 15 is 0 Å². The van der Waals surface area contributed by atoms with E-state index in [2.05, 4.69) is 20.8 Å². The first-order chi connectivity index (χ1) is 16.0. The maximum absolute atomic E-state index is 13.1. The lowest BCUT2D eigenvalue weighted by Crippen LogP contribution is -2.32. The molecule has 3 aromatic rings. The molecule has 1 fully saturated rings. The second kappa shape index (κ2) is 8.99. The molecule has 1 atom stereocenters. The van der Waals surface area contributed by atoms with Gasteiger partial charge >= 0.3 is 0 Å². The summed E-state index contributed by atoms with van der Waals surface area (Å²) < 4.78 is 5.61. The zero-order valence-corrected chi connectivity index (χ0v) is 19.2. The molecule has 1 aliphatic carbocycles. The fourth-order valence-corrected chi connectivity index (χ4v) is 5.72. The minimum absolute atomic E-state index is 0.0557. The number of anilines is 1. The van der Waals surface area contributed by atoms with Crippen LogP contribution in [0.25, 0.3) is 11.3 Å². The topological polar surface area (TPSA) is 116 Å². The van der Waals surface area contributed by atoms with Crippen molar-refractivity contribution in [2.24, 2.45) is 0 Å². The highest BCUT2D eigenvalue weighted by atomic mass is 32.1. The van der Waals surface area contributed by atoms with Crippen LogP contribution in [-0.4, -0.2) is 46.4 Å². The molecule has 0 spiro atoms. The van der Waals surface area contributed by atoms with Gasteiger partial charge in [-0.1, -0.05) is 11.6 Å². The van der Waals surface area contributed by atoms with E-state index < -0.39 is 0 Å². The van der Waals surface area contributed by atoms with Crippen LogP contribution in [0.15, 0.2) is 24.3 Å². The maximum Gasteiger partial charge on any atom is 0.274 e. The first kappa shape index (κ1) is 21.7. The molecule has 1 saturated heterocycles. The van der Waals surface area contributed by atoms with Crippen LogP contribution < -0.4 is 10.6 Å². The molecule has 4 N–H and O–H groups in total. The molecular formula is C24H26N4O4S. The maximum atomic E-state index is 13.1. The third kappa shape index (κ3) is 4.38. The highest BCUT2D eigenvalue weighted by molar-refractivity contribution is 7.17. The van der Waals surface area contributed by atoms with Gasteiger partial charge in [-0.3, -0.25) is 14.7 Å². The first-order valence-electron chi connectivity index (χ1n) is 11.2. The Morgan fingerprint density at radius 2 is 2.12 bits per heavy atom. The summed E-state index contributed by atoms with van der Waals surface area (Å²) in [5, 5.41) is 23.6. The smallest absolute Gasteiger partial charge is 0.274 e. The van der Waals surface area contributed by atoms with Gasteiger partial charge in [-0.05, 0) is 62.8 Å². The summed E-state index contributed by atoms with van der Waals surface area (Å²) in [6, 6.07) is 6.82. The van der Waals surface area contributed by atoms with Crippen molar-refractivity contribution in [1.82, 2.24) is 15.5 Å². The second-order valence-electron chi connectivity index (χ2n) is 8.55. The molecular weight excluding hydrogens is 440 g/mol. The van der Waals surface area contributed by atoms with Crippen molar-refractivity contribution in [3.8, 4) is 17.0 Å². The van der Waals surface area contributed by atoms with E-state index in [1.165, 1.54) is 11.3 Å². The molecule has 5 rings (SSSR count). The largest absolute Gasteiger partial charge is 0.507 e. The fraction of sp³-hybridized carbons (Fsp3) is 0.375. The summed E-state index contributed by atoms with van der Waals surface area (Å²) in [4.78, 5) is 27.2. The number of rotatable bonds is 6. The third-order valence-electron chi connectivity index (χ3n) is 6.14. The van der Waals surface area contributed by atoms with Gasteiger partial charge < -0.3 is 20.5 Å². The number of nitrogens with zero attached hydrogens (tertiary/aromatic N) is 1. The number of ether oxygens (including phenoxy) is 1. The fourth-order valence-electron chi connectivity index (χ4n) is 4.43. The van der Waals surface area contributed by atoms with Crippen LogP contribution in [0.3, 0.4) is 0 Å². The van der Waals surface area contributed by atoms with Crippen molar-refractivity contribution < 1.29 is 19.4 Å². The van der Waals surface area contributed by atoms with E-state index in [1.807, 2.05) is 13.0 Å². The number of hydrogen-bond acceptors (Lipinski definition) is 6. The van der Waals surface area contributed by atoms with Crippen molar-refractivity contribution in [3.63, 3.8) is 0 Å². The van der Waals surface area contributed by atoms with Crippen LogP contribution in [0.4, 0.5) is 5.00 Å². The average Bonchev–Trinajstić information content (AvgIpc) is 3.58. The number of aromatic hydroxyl groups is 1. The Balaban J connectivity index is 1.35. The number of phenols is 1. The molecule has 2 amide bonds. The Morgan fingerprint density at radius 3 is 2.94 bits per heavy atom. The minimum atomic E-state index is -0.381. The highest BCUT2D eigenvalue weighted by Crippen LogP contribution is 2.39. The van der Waals surface area contributed by atoms with Gasteiger partial charge in [-0.15, -0.1) is 11.3 Å². The number of carbonyl (C=O) groups is 2. The molecule has 1 aliphatic heterocycles. The number of amides is 2. The number of benzene rings is 1. The molecule has 0 radical (unpaired) electrons. The quantitative estimate of drug-likeness (QED) is 0.441. The van der Waals surface area contributed by atoms with Gasteiger partial charge in [0.25, 0.3) is 11.8 Å². The van der Waals surface area contributed by atoms with E-state index in [1.54, 1.807) is 18.2 Å². The molecule has 172 valence electrons. The van der Waals surface area contributed by atoms with Crippen molar-refractivity contribution >= 4 is 28.2 Å². The number of nitrogens with one attached hydrogen (secondary N) is 3. The highest BCUT2D eigenvalue weighted by Gasteiger charge is 2.28. The normalized spacial score (nSPS) is 17.2. The number of fused-ring (bicyclic) bond motifs is 1. The molecule has 0 bridgehead atoms. The Kier molecular flexibility index (Phi) is 5.90. The first-order valence-corrected chi connectivity index (χ1v) is 12.0. The average molecular weight is 467 g/mol.